The lowest BCUT2D eigenvalue weighted by atomic mass is 10.3. The fraction of sp³-hybridized carbons (Fsp3) is 0.667. The SMILES string of the molecule is CCOC(=O)CCCNc1nc(NN)nc(OC(C)C)n1. The van der Waals surface area contributed by atoms with E-state index in [0.717, 1.165) is 0 Å². The number of anilines is 2. The van der Waals surface area contributed by atoms with Crippen LogP contribution in [0.3, 0.4) is 0 Å². The summed E-state index contributed by atoms with van der Waals surface area (Å²) in [7, 11) is 0. The molecule has 0 aromatic carbocycles. The Bertz CT molecular complexity index is 455. The van der Waals surface area contributed by atoms with Crippen LogP contribution in [0.5, 0.6) is 6.01 Å². The highest BCUT2D eigenvalue weighted by Crippen LogP contribution is 2.11. The van der Waals surface area contributed by atoms with Gasteiger partial charge in [0.2, 0.25) is 11.9 Å². The Morgan fingerprint density at radius 3 is 2.62 bits per heavy atom. The number of nitrogens with one attached hydrogen (secondary N) is 2. The number of carbonyl (C=O) groups is 1. The maximum absolute atomic E-state index is 11.2. The summed E-state index contributed by atoms with van der Waals surface area (Å²) in [6.07, 6.45) is 0.884. The molecule has 0 aliphatic carbocycles. The predicted octanol–water partition coefficient (Wildman–Crippen LogP) is 0.700. The highest BCUT2D eigenvalue weighted by Gasteiger charge is 2.08. The third kappa shape index (κ3) is 6.70. The number of nitrogens with zero attached hydrogens (tertiary/aromatic N) is 3. The molecule has 1 rings (SSSR count). The van der Waals surface area contributed by atoms with Crippen LogP contribution in [0.15, 0.2) is 0 Å². The van der Waals surface area contributed by atoms with Gasteiger partial charge in [-0.25, -0.2) is 5.84 Å². The molecule has 0 spiro atoms. The second-order valence-electron chi connectivity index (χ2n) is 4.41. The monoisotopic (exact) mass is 298 g/mol. The van der Waals surface area contributed by atoms with Crippen LogP contribution in [-0.2, 0) is 9.53 Å². The Kier molecular flexibility index (Phi) is 7.16. The van der Waals surface area contributed by atoms with Crippen molar-refractivity contribution in [3.8, 4) is 6.01 Å². The van der Waals surface area contributed by atoms with E-state index in [9.17, 15) is 4.79 Å². The van der Waals surface area contributed by atoms with Gasteiger partial charge in [0.25, 0.3) is 0 Å². The molecule has 0 atom stereocenters. The predicted molar refractivity (Wildman–Crippen MR) is 77.8 cm³/mol. The molecule has 0 radical (unpaired) electrons. The van der Waals surface area contributed by atoms with Crippen LogP contribution in [0.25, 0.3) is 0 Å². The van der Waals surface area contributed by atoms with Gasteiger partial charge in [-0.05, 0) is 27.2 Å². The quantitative estimate of drug-likeness (QED) is 0.261. The third-order valence-electron chi connectivity index (χ3n) is 2.23. The summed E-state index contributed by atoms with van der Waals surface area (Å²) < 4.78 is 10.2. The molecule has 0 saturated carbocycles. The lowest BCUT2D eigenvalue weighted by molar-refractivity contribution is -0.143. The summed E-state index contributed by atoms with van der Waals surface area (Å²) in [5.41, 5.74) is 2.35. The molecule has 1 aromatic heterocycles. The van der Waals surface area contributed by atoms with E-state index in [1.54, 1.807) is 6.92 Å². The molecule has 0 bridgehead atoms. The van der Waals surface area contributed by atoms with E-state index in [1.165, 1.54) is 0 Å². The first kappa shape index (κ1) is 16.9. The molecule has 4 N–H and O–H groups in total. The zero-order chi connectivity index (χ0) is 15.7. The zero-order valence-electron chi connectivity index (χ0n) is 12.5. The average Bonchev–Trinajstić information content (AvgIpc) is 2.43. The topological polar surface area (TPSA) is 124 Å². The molecule has 9 heteroatoms. The minimum Gasteiger partial charge on any atom is -0.466 e. The fourth-order valence-electron chi connectivity index (χ4n) is 1.43. The smallest absolute Gasteiger partial charge is 0.323 e. The van der Waals surface area contributed by atoms with Crippen LogP contribution in [0.4, 0.5) is 11.9 Å². The Balaban J connectivity index is 2.51. The second-order valence-corrected chi connectivity index (χ2v) is 4.41. The van der Waals surface area contributed by atoms with Gasteiger partial charge < -0.3 is 14.8 Å². The van der Waals surface area contributed by atoms with E-state index >= 15 is 0 Å². The number of nitrogens with two attached hydrogens (primary N) is 1. The number of rotatable bonds is 9. The highest BCUT2D eigenvalue weighted by atomic mass is 16.5. The molecule has 0 aliphatic heterocycles. The van der Waals surface area contributed by atoms with Crippen molar-refractivity contribution in [1.82, 2.24) is 15.0 Å². The molecule has 0 saturated heterocycles. The Morgan fingerprint density at radius 1 is 1.29 bits per heavy atom. The van der Waals surface area contributed by atoms with Gasteiger partial charge in [0.15, 0.2) is 0 Å². The van der Waals surface area contributed by atoms with Crippen LogP contribution in [0, 0.1) is 0 Å². The summed E-state index contributed by atoms with van der Waals surface area (Å²) >= 11 is 0. The summed E-state index contributed by atoms with van der Waals surface area (Å²) in [5, 5.41) is 2.98. The largest absolute Gasteiger partial charge is 0.466 e. The Labute approximate surface area is 123 Å². The Morgan fingerprint density at radius 2 is 2.00 bits per heavy atom. The van der Waals surface area contributed by atoms with Gasteiger partial charge in [0, 0.05) is 13.0 Å². The van der Waals surface area contributed by atoms with Crippen LogP contribution in [0.2, 0.25) is 0 Å². The number of hydrogen-bond donors (Lipinski definition) is 3. The number of aromatic nitrogens is 3. The molecule has 0 unspecified atom stereocenters. The minimum atomic E-state index is -0.219. The first-order valence-electron chi connectivity index (χ1n) is 6.84. The summed E-state index contributed by atoms with van der Waals surface area (Å²) in [6.45, 7) is 6.42. The van der Waals surface area contributed by atoms with Gasteiger partial charge in [-0.2, -0.15) is 15.0 Å². The number of hydrogen-bond acceptors (Lipinski definition) is 9. The number of nitrogen functional groups attached to an aromatic ring is 1. The minimum absolute atomic E-state index is 0.0605. The maximum Gasteiger partial charge on any atom is 0.323 e. The normalized spacial score (nSPS) is 10.3. The molecule has 9 nitrogen and oxygen atoms in total. The van der Waals surface area contributed by atoms with Crippen LogP contribution < -0.4 is 21.3 Å². The summed E-state index contributed by atoms with van der Waals surface area (Å²) in [5.74, 6) is 5.61. The van der Waals surface area contributed by atoms with Gasteiger partial charge in [-0.1, -0.05) is 0 Å². The third-order valence-corrected chi connectivity index (χ3v) is 2.23. The van der Waals surface area contributed by atoms with Gasteiger partial charge >= 0.3 is 12.0 Å². The molecule has 0 amide bonds. The fourth-order valence-corrected chi connectivity index (χ4v) is 1.43. The van der Waals surface area contributed by atoms with E-state index in [-0.39, 0.29) is 24.0 Å². The van der Waals surface area contributed by atoms with Gasteiger partial charge in [0.05, 0.1) is 12.7 Å². The highest BCUT2D eigenvalue weighted by molar-refractivity contribution is 5.69. The van der Waals surface area contributed by atoms with Gasteiger partial charge in [0.1, 0.15) is 0 Å². The molecule has 21 heavy (non-hydrogen) atoms. The van der Waals surface area contributed by atoms with Crippen molar-refractivity contribution in [2.24, 2.45) is 5.84 Å². The lowest BCUT2D eigenvalue weighted by Crippen LogP contribution is -2.17. The standard InChI is InChI=1S/C12H22N6O3/c1-4-20-9(19)6-5-7-14-10-15-11(18-13)17-12(16-10)21-8(2)3/h8H,4-7,13H2,1-3H3,(H2,14,15,16,17,18). The molecule has 1 aromatic rings. The number of esters is 1. The average molecular weight is 298 g/mol. The maximum atomic E-state index is 11.2. The van der Waals surface area contributed by atoms with Crippen LogP contribution in [0.1, 0.15) is 33.6 Å². The van der Waals surface area contributed by atoms with Crippen LogP contribution >= 0.6 is 0 Å². The first-order chi connectivity index (χ1) is 10.0. The zero-order valence-corrected chi connectivity index (χ0v) is 12.5. The van der Waals surface area contributed by atoms with Crippen molar-refractivity contribution in [3.05, 3.63) is 0 Å². The first-order valence-corrected chi connectivity index (χ1v) is 6.84. The number of ether oxygens (including phenoxy) is 2. The molecule has 1 heterocycles. The van der Waals surface area contributed by atoms with Crippen molar-refractivity contribution < 1.29 is 14.3 Å². The van der Waals surface area contributed by atoms with E-state index in [4.69, 9.17) is 15.3 Å². The molecular weight excluding hydrogens is 276 g/mol. The Hall–Kier alpha value is -2.16. The van der Waals surface area contributed by atoms with E-state index < -0.39 is 0 Å². The molecule has 0 aliphatic rings. The molecular formula is C12H22N6O3. The van der Waals surface area contributed by atoms with Crippen molar-refractivity contribution in [2.75, 3.05) is 23.9 Å². The summed E-state index contributed by atoms with van der Waals surface area (Å²) in [4.78, 5) is 23.3. The van der Waals surface area contributed by atoms with Crippen LogP contribution in [-0.4, -0.2) is 40.2 Å². The lowest BCUT2D eigenvalue weighted by Gasteiger charge is -2.11. The van der Waals surface area contributed by atoms with Crippen molar-refractivity contribution in [1.29, 1.82) is 0 Å². The summed E-state index contributed by atoms with van der Waals surface area (Å²) in [6, 6.07) is 0.181. The second kappa shape index (κ2) is 8.90. The van der Waals surface area contributed by atoms with E-state index in [2.05, 4.69) is 25.7 Å². The van der Waals surface area contributed by atoms with Crippen molar-refractivity contribution in [3.63, 3.8) is 0 Å². The number of carbonyl (C=O) groups excluding carboxylic acids is 1. The van der Waals surface area contributed by atoms with E-state index in [0.29, 0.717) is 31.9 Å². The van der Waals surface area contributed by atoms with Crippen molar-refractivity contribution >= 4 is 17.9 Å². The molecule has 118 valence electrons. The number of hydrazine groups is 1. The van der Waals surface area contributed by atoms with Crippen molar-refractivity contribution in [2.45, 2.75) is 39.7 Å². The van der Waals surface area contributed by atoms with Gasteiger partial charge in [-0.3, -0.25) is 10.2 Å². The van der Waals surface area contributed by atoms with E-state index in [1.807, 2.05) is 13.8 Å². The van der Waals surface area contributed by atoms with Gasteiger partial charge in [-0.15, -0.1) is 0 Å². The molecule has 0 fully saturated rings.